The third-order valence-corrected chi connectivity index (χ3v) is 5.43. The average molecular weight is 299 g/mol. The van der Waals surface area contributed by atoms with Crippen molar-refractivity contribution in [3.8, 4) is 0 Å². The van der Waals surface area contributed by atoms with Gasteiger partial charge in [-0.25, -0.2) is 13.4 Å². The van der Waals surface area contributed by atoms with Crippen LogP contribution in [0.5, 0.6) is 0 Å². The van der Waals surface area contributed by atoms with E-state index in [-0.39, 0.29) is 11.1 Å². The highest BCUT2D eigenvalue weighted by molar-refractivity contribution is 7.89. The van der Waals surface area contributed by atoms with Crippen LogP contribution in [0.25, 0.3) is 0 Å². The van der Waals surface area contributed by atoms with Crippen molar-refractivity contribution in [2.24, 2.45) is 5.84 Å². The van der Waals surface area contributed by atoms with Gasteiger partial charge >= 0.3 is 0 Å². The summed E-state index contributed by atoms with van der Waals surface area (Å²) in [6, 6.07) is 3.48. The summed E-state index contributed by atoms with van der Waals surface area (Å²) in [6.07, 6.45) is 3.31. The lowest BCUT2D eigenvalue weighted by atomic mass is 10.1. The number of sulfonamides is 1. The predicted molar refractivity (Wildman–Crippen MR) is 77.5 cm³/mol. The summed E-state index contributed by atoms with van der Waals surface area (Å²) >= 11 is 0. The lowest BCUT2D eigenvalue weighted by molar-refractivity contribution is 0.190. The number of nitrogens with two attached hydrogens (primary N) is 1. The predicted octanol–water partition coefficient (Wildman–Crippen LogP) is 0.0819. The molecule has 0 aliphatic carbocycles. The van der Waals surface area contributed by atoms with E-state index in [1.807, 2.05) is 14.1 Å². The number of hydrogen-bond donors (Lipinski definition) is 2. The number of piperidine rings is 1. The third-order valence-electron chi connectivity index (χ3n) is 3.60. The number of likely N-dealkylation sites (N-methyl/N-ethyl adjacent to an activating group) is 1. The van der Waals surface area contributed by atoms with Crippen molar-refractivity contribution in [3.05, 3.63) is 18.3 Å². The minimum absolute atomic E-state index is 0.0121. The number of nitrogens with one attached hydrogen (secondary N) is 1. The quantitative estimate of drug-likeness (QED) is 0.604. The molecule has 0 amide bonds. The zero-order chi connectivity index (χ0) is 14.8. The van der Waals surface area contributed by atoms with Gasteiger partial charge in [0.25, 0.3) is 10.0 Å². The molecule has 1 aliphatic rings. The molecule has 0 aromatic carbocycles. The summed E-state index contributed by atoms with van der Waals surface area (Å²) in [5.74, 6) is 5.37. The fourth-order valence-corrected chi connectivity index (χ4v) is 3.97. The minimum atomic E-state index is -3.62. The van der Waals surface area contributed by atoms with Crippen molar-refractivity contribution in [1.29, 1.82) is 0 Å². The number of hydrogen-bond acceptors (Lipinski definition) is 6. The number of nitrogens with zero attached hydrogens (tertiary/aromatic N) is 3. The molecule has 7 nitrogen and oxygen atoms in total. The van der Waals surface area contributed by atoms with E-state index >= 15 is 0 Å². The van der Waals surface area contributed by atoms with Crippen molar-refractivity contribution in [3.63, 3.8) is 0 Å². The topological polar surface area (TPSA) is 91.6 Å². The van der Waals surface area contributed by atoms with Gasteiger partial charge < -0.3 is 10.3 Å². The molecule has 20 heavy (non-hydrogen) atoms. The van der Waals surface area contributed by atoms with Gasteiger partial charge in [0.2, 0.25) is 0 Å². The van der Waals surface area contributed by atoms with Gasteiger partial charge in [0.1, 0.15) is 0 Å². The molecule has 8 heteroatoms. The zero-order valence-corrected chi connectivity index (χ0v) is 12.6. The van der Waals surface area contributed by atoms with Gasteiger partial charge in [0, 0.05) is 25.3 Å². The Kier molecular flexibility index (Phi) is 4.59. The van der Waals surface area contributed by atoms with Crippen LogP contribution in [0.1, 0.15) is 12.8 Å². The summed E-state index contributed by atoms with van der Waals surface area (Å²) in [5.41, 5.74) is 2.71. The van der Waals surface area contributed by atoms with E-state index in [9.17, 15) is 8.42 Å². The van der Waals surface area contributed by atoms with Crippen molar-refractivity contribution in [1.82, 2.24) is 14.2 Å². The van der Waals surface area contributed by atoms with E-state index in [1.54, 1.807) is 12.1 Å². The van der Waals surface area contributed by atoms with Gasteiger partial charge in [-0.05, 0) is 39.1 Å². The van der Waals surface area contributed by atoms with Crippen LogP contribution < -0.4 is 11.3 Å². The Morgan fingerprint density at radius 1 is 1.50 bits per heavy atom. The molecule has 1 aromatic rings. The molecule has 3 N–H and O–H groups in total. The molecule has 1 unspecified atom stereocenters. The average Bonchev–Trinajstić information content (AvgIpc) is 2.47. The van der Waals surface area contributed by atoms with Crippen LogP contribution in [0, 0.1) is 0 Å². The van der Waals surface area contributed by atoms with Crippen LogP contribution in [0.2, 0.25) is 0 Å². The molecular weight excluding hydrogens is 278 g/mol. The highest BCUT2D eigenvalue weighted by Gasteiger charge is 2.33. The molecule has 0 bridgehead atoms. The molecule has 112 valence electrons. The Hall–Kier alpha value is -1.22. The maximum absolute atomic E-state index is 12.7. The van der Waals surface area contributed by atoms with Crippen molar-refractivity contribution in [2.45, 2.75) is 23.9 Å². The first-order valence-electron chi connectivity index (χ1n) is 6.55. The third kappa shape index (κ3) is 2.93. The van der Waals surface area contributed by atoms with Gasteiger partial charge in [-0.15, -0.1) is 0 Å². The number of pyridine rings is 1. The van der Waals surface area contributed by atoms with Crippen molar-refractivity contribution < 1.29 is 8.42 Å². The molecule has 1 aromatic heterocycles. The van der Waals surface area contributed by atoms with Crippen LogP contribution in [-0.2, 0) is 10.0 Å². The molecular formula is C12H21N5O2S. The van der Waals surface area contributed by atoms with Crippen LogP contribution in [0.15, 0.2) is 23.4 Å². The van der Waals surface area contributed by atoms with Gasteiger partial charge in [-0.1, -0.05) is 0 Å². The van der Waals surface area contributed by atoms with Gasteiger partial charge in [-0.2, -0.15) is 4.31 Å². The normalized spacial score (nSPS) is 21.1. The Bertz CT molecular complexity index is 561. The fourth-order valence-electron chi connectivity index (χ4n) is 2.39. The van der Waals surface area contributed by atoms with E-state index in [4.69, 9.17) is 5.84 Å². The molecule has 1 saturated heterocycles. The summed E-state index contributed by atoms with van der Waals surface area (Å²) in [5, 5.41) is -0.0121. The Labute approximate surface area is 119 Å². The van der Waals surface area contributed by atoms with Crippen LogP contribution in [0.4, 0.5) is 5.69 Å². The van der Waals surface area contributed by atoms with Gasteiger partial charge in [0.15, 0.2) is 5.03 Å². The zero-order valence-electron chi connectivity index (χ0n) is 11.8. The first-order chi connectivity index (χ1) is 9.46. The number of aromatic nitrogens is 1. The first-order valence-corrected chi connectivity index (χ1v) is 7.99. The second-order valence-electron chi connectivity index (χ2n) is 5.12. The lowest BCUT2D eigenvalue weighted by Gasteiger charge is -2.35. The highest BCUT2D eigenvalue weighted by Crippen LogP contribution is 2.25. The Balaban J connectivity index is 2.30. The number of nitrogen functional groups attached to an aromatic ring is 1. The lowest BCUT2D eigenvalue weighted by Crippen LogP contribution is -2.47. The van der Waals surface area contributed by atoms with Crippen molar-refractivity contribution >= 4 is 15.7 Å². The second-order valence-corrected chi connectivity index (χ2v) is 6.98. The fraction of sp³-hybridized carbons (Fsp3) is 0.583. The summed E-state index contributed by atoms with van der Waals surface area (Å²) in [4.78, 5) is 6.04. The number of hydrazine groups is 1. The standard InChI is InChI=1S/C12H21N5O2S/c1-16(2)10-5-4-8-17(9-10)20(18,19)12-11(15-13)6-3-7-14-12/h3,6-7,10,15H,4-5,8-9,13H2,1-2H3. The van der Waals surface area contributed by atoms with Crippen LogP contribution in [-0.4, -0.2) is 55.8 Å². The van der Waals surface area contributed by atoms with E-state index < -0.39 is 10.0 Å². The van der Waals surface area contributed by atoms with Crippen LogP contribution in [0.3, 0.4) is 0 Å². The Morgan fingerprint density at radius 2 is 2.25 bits per heavy atom. The molecule has 1 aliphatic heterocycles. The smallest absolute Gasteiger partial charge is 0.262 e. The maximum atomic E-state index is 12.7. The maximum Gasteiger partial charge on any atom is 0.262 e. The first kappa shape index (κ1) is 15.2. The SMILES string of the molecule is CN(C)C1CCCN(S(=O)(=O)c2ncccc2NN)C1. The van der Waals surface area contributed by atoms with Crippen molar-refractivity contribution in [2.75, 3.05) is 32.6 Å². The van der Waals surface area contributed by atoms with E-state index in [2.05, 4.69) is 15.3 Å². The van der Waals surface area contributed by atoms with E-state index in [0.717, 1.165) is 12.8 Å². The van der Waals surface area contributed by atoms with E-state index in [0.29, 0.717) is 18.8 Å². The molecule has 1 atom stereocenters. The minimum Gasteiger partial charge on any atom is -0.321 e. The second kappa shape index (κ2) is 6.04. The molecule has 2 rings (SSSR count). The molecule has 0 spiro atoms. The molecule has 0 saturated carbocycles. The number of rotatable bonds is 4. The summed E-state index contributed by atoms with van der Waals surface area (Å²) < 4.78 is 26.9. The van der Waals surface area contributed by atoms with Gasteiger partial charge in [-0.3, -0.25) is 5.84 Å². The molecule has 2 heterocycles. The van der Waals surface area contributed by atoms with E-state index in [1.165, 1.54) is 10.5 Å². The summed E-state index contributed by atoms with van der Waals surface area (Å²) in [7, 11) is 0.315. The highest BCUT2D eigenvalue weighted by atomic mass is 32.2. The molecule has 0 radical (unpaired) electrons. The Morgan fingerprint density at radius 3 is 2.90 bits per heavy atom. The van der Waals surface area contributed by atoms with Crippen LogP contribution >= 0.6 is 0 Å². The monoisotopic (exact) mass is 299 g/mol. The molecule has 1 fully saturated rings. The largest absolute Gasteiger partial charge is 0.321 e. The number of anilines is 1. The summed E-state index contributed by atoms with van der Waals surface area (Å²) in [6.45, 7) is 1.00. The van der Waals surface area contributed by atoms with Gasteiger partial charge in [0.05, 0.1) is 5.69 Å².